The van der Waals surface area contributed by atoms with Crippen molar-refractivity contribution < 1.29 is 22.5 Å². The summed E-state index contributed by atoms with van der Waals surface area (Å²) >= 11 is 0. The largest absolute Gasteiger partial charge is 0.492 e. The minimum atomic E-state index is -3.11. The number of nitrogens with zero attached hydrogens (tertiary/aromatic N) is 2. The van der Waals surface area contributed by atoms with E-state index in [4.69, 9.17) is 9.26 Å². The van der Waals surface area contributed by atoms with Crippen molar-refractivity contribution in [1.82, 2.24) is 10.1 Å². The van der Waals surface area contributed by atoms with E-state index in [1.807, 2.05) is 20.8 Å². The van der Waals surface area contributed by atoms with E-state index in [9.17, 15) is 13.2 Å². The maximum atomic E-state index is 12.9. The second kappa shape index (κ2) is 8.89. The summed E-state index contributed by atoms with van der Waals surface area (Å²) in [5.41, 5.74) is 1.15. The number of carbonyl (C=O) groups is 1. The van der Waals surface area contributed by atoms with Gasteiger partial charge in [0.05, 0.1) is 16.9 Å². The van der Waals surface area contributed by atoms with Gasteiger partial charge in [-0.25, -0.2) is 8.42 Å². The molecule has 1 heterocycles. The average Bonchev–Trinajstić information content (AvgIpc) is 3.18. The standard InChI is InChI=1S/C22H25N3O5S/c1-22(2,3)21-24-20(30-25-21)18-11-6-5-10-17(18)19(26)23-15-8-7-9-16(14-15)29-12-13-31(4,27)28/h5-11,14H,12-13H2,1-4H3,(H,23,26). The molecule has 0 saturated carbocycles. The first-order valence-corrected chi connectivity index (χ1v) is 11.7. The lowest BCUT2D eigenvalue weighted by atomic mass is 9.96. The van der Waals surface area contributed by atoms with Gasteiger partial charge in [-0.15, -0.1) is 0 Å². The third-order valence-electron chi connectivity index (χ3n) is 4.31. The minimum Gasteiger partial charge on any atom is -0.492 e. The Hall–Kier alpha value is -3.20. The lowest BCUT2D eigenvalue weighted by Crippen LogP contribution is -2.14. The topological polar surface area (TPSA) is 111 Å². The molecule has 0 aliphatic carbocycles. The van der Waals surface area contributed by atoms with Crippen LogP contribution in [0.25, 0.3) is 11.5 Å². The van der Waals surface area contributed by atoms with Gasteiger partial charge in [0.2, 0.25) is 0 Å². The van der Waals surface area contributed by atoms with Crippen LogP contribution in [0.1, 0.15) is 37.0 Å². The highest BCUT2D eigenvalue weighted by atomic mass is 32.2. The maximum absolute atomic E-state index is 12.9. The summed E-state index contributed by atoms with van der Waals surface area (Å²) in [6.45, 7) is 5.97. The predicted molar refractivity (Wildman–Crippen MR) is 118 cm³/mol. The predicted octanol–water partition coefficient (Wildman–Crippen LogP) is 3.71. The van der Waals surface area contributed by atoms with E-state index >= 15 is 0 Å². The number of carbonyl (C=O) groups excluding carboxylic acids is 1. The van der Waals surface area contributed by atoms with Gasteiger partial charge >= 0.3 is 0 Å². The molecule has 164 valence electrons. The van der Waals surface area contributed by atoms with Crippen molar-refractivity contribution in [1.29, 1.82) is 0 Å². The molecule has 3 rings (SSSR count). The third-order valence-corrected chi connectivity index (χ3v) is 5.22. The highest BCUT2D eigenvalue weighted by molar-refractivity contribution is 7.90. The van der Waals surface area contributed by atoms with Crippen molar-refractivity contribution in [3.8, 4) is 17.2 Å². The number of ether oxygens (including phenoxy) is 1. The highest BCUT2D eigenvalue weighted by Crippen LogP contribution is 2.27. The van der Waals surface area contributed by atoms with Crippen molar-refractivity contribution in [2.75, 3.05) is 23.9 Å². The number of nitrogens with one attached hydrogen (secondary N) is 1. The van der Waals surface area contributed by atoms with E-state index in [-0.39, 0.29) is 29.6 Å². The molecule has 8 nitrogen and oxygen atoms in total. The zero-order valence-corrected chi connectivity index (χ0v) is 18.7. The number of hydrogen-bond acceptors (Lipinski definition) is 7. The number of sulfone groups is 1. The second-order valence-corrected chi connectivity index (χ2v) is 10.4. The Bertz CT molecular complexity index is 1180. The van der Waals surface area contributed by atoms with Gasteiger partial charge in [0.25, 0.3) is 11.8 Å². The summed E-state index contributed by atoms with van der Waals surface area (Å²) in [4.78, 5) is 17.4. The molecule has 0 saturated heterocycles. The smallest absolute Gasteiger partial charge is 0.258 e. The van der Waals surface area contributed by atoms with Crippen molar-refractivity contribution >= 4 is 21.4 Å². The van der Waals surface area contributed by atoms with Crippen LogP contribution in [-0.4, -0.2) is 43.1 Å². The Morgan fingerprint density at radius 3 is 2.55 bits per heavy atom. The highest BCUT2D eigenvalue weighted by Gasteiger charge is 2.23. The lowest BCUT2D eigenvalue weighted by Gasteiger charge is -2.11. The van der Waals surface area contributed by atoms with Crippen LogP contribution in [0.3, 0.4) is 0 Å². The quantitative estimate of drug-likeness (QED) is 0.592. The number of anilines is 1. The molecule has 0 bridgehead atoms. The van der Waals surface area contributed by atoms with Crippen LogP contribution in [0.4, 0.5) is 5.69 Å². The van der Waals surface area contributed by atoms with Crippen LogP contribution in [0, 0.1) is 0 Å². The van der Waals surface area contributed by atoms with Gasteiger partial charge in [0.15, 0.2) is 15.7 Å². The number of aromatic nitrogens is 2. The molecule has 3 aromatic rings. The zero-order chi connectivity index (χ0) is 22.6. The van der Waals surface area contributed by atoms with Crippen molar-refractivity contribution in [3.63, 3.8) is 0 Å². The summed E-state index contributed by atoms with van der Waals surface area (Å²) < 4.78 is 33.4. The molecule has 1 N–H and O–H groups in total. The summed E-state index contributed by atoms with van der Waals surface area (Å²) in [6.07, 6.45) is 1.15. The Labute approximate surface area is 181 Å². The fourth-order valence-electron chi connectivity index (χ4n) is 2.68. The normalized spacial score (nSPS) is 11.9. The number of hydrogen-bond donors (Lipinski definition) is 1. The van der Waals surface area contributed by atoms with Gasteiger partial charge in [-0.1, -0.05) is 44.1 Å². The van der Waals surface area contributed by atoms with E-state index in [1.165, 1.54) is 0 Å². The lowest BCUT2D eigenvalue weighted by molar-refractivity contribution is 0.102. The first-order chi connectivity index (χ1) is 14.5. The zero-order valence-electron chi connectivity index (χ0n) is 17.9. The molecule has 31 heavy (non-hydrogen) atoms. The van der Waals surface area contributed by atoms with Crippen LogP contribution >= 0.6 is 0 Å². The molecule has 0 radical (unpaired) electrons. The van der Waals surface area contributed by atoms with E-state index in [1.54, 1.807) is 48.5 Å². The van der Waals surface area contributed by atoms with E-state index in [0.717, 1.165) is 6.26 Å². The van der Waals surface area contributed by atoms with E-state index < -0.39 is 9.84 Å². The summed E-state index contributed by atoms with van der Waals surface area (Å²) in [5.74, 6) is 0.851. The van der Waals surface area contributed by atoms with Crippen LogP contribution in [0.2, 0.25) is 0 Å². The molecule has 2 aromatic carbocycles. The first-order valence-electron chi connectivity index (χ1n) is 9.68. The Morgan fingerprint density at radius 1 is 1.13 bits per heavy atom. The minimum absolute atomic E-state index is 0.0341. The molecule has 9 heteroatoms. The van der Waals surface area contributed by atoms with Crippen LogP contribution in [0.15, 0.2) is 53.1 Å². The third kappa shape index (κ3) is 6.14. The molecular formula is C22H25N3O5S. The Balaban J connectivity index is 1.78. The summed E-state index contributed by atoms with van der Waals surface area (Å²) in [7, 11) is -3.11. The molecule has 0 fully saturated rings. The van der Waals surface area contributed by atoms with E-state index in [0.29, 0.717) is 28.4 Å². The molecule has 1 aromatic heterocycles. The molecule has 0 spiro atoms. The van der Waals surface area contributed by atoms with Gasteiger partial charge in [-0.2, -0.15) is 4.98 Å². The van der Waals surface area contributed by atoms with Crippen molar-refractivity contribution in [3.05, 3.63) is 59.9 Å². The molecule has 0 aliphatic rings. The monoisotopic (exact) mass is 443 g/mol. The van der Waals surface area contributed by atoms with Gasteiger partial charge in [-0.05, 0) is 24.3 Å². The SMILES string of the molecule is CC(C)(C)c1noc(-c2ccccc2C(=O)Nc2cccc(OCCS(C)(=O)=O)c2)n1. The van der Waals surface area contributed by atoms with Gasteiger partial charge in [0, 0.05) is 23.4 Å². The molecule has 0 unspecified atom stereocenters. The van der Waals surface area contributed by atoms with Crippen molar-refractivity contribution in [2.24, 2.45) is 0 Å². The van der Waals surface area contributed by atoms with Crippen LogP contribution in [0.5, 0.6) is 5.75 Å². The van der Waals surface area contributed by atoms with Crippen molar-refractivity contribution in [2.45, 2.75) is 26.2 Å². The van der Waals surface area contributed by atoms with Crippen LogP contribution in [-0.2, 0) is 15.3 Å². The maximum Gasteiger partial charge on any atom is 0.258 e. The van der Waals surface area contributed by atoms with Crippen LogP contribution < -0.4 is 10.1 Å². The number of amides is 1. The fraction of sp³-hybridized carbons (Fsp3) is 0.318. The first kappa shape index (κ1) is 22.5. The summed E-state index contributed by atoms with van der Waals surface area (Å²) in [6, 6.07) is 13.7. The van der Waals surface area contributed by atoms with Gasteiger partial charge in [0.1, 0.15) is 12.4 Å². The average molecular weight is 444 g/mol. The Kier molecular flexibility index (Phi) is 6.45. The molecule has 0 atom stereocenters. The molecule has 1 amide bonds. The number of rotatable bonds is 7. The van der Waals surface area contributed by atoms with Gasteiger partial charge < -0.3 is 14.6 Å². The van der Waals surface area contributed by atoms with E-state index in [2.05, 4.69) is 15.5 Å². The second-order valence-electron chi connectivity index (χ2n) is 8.18. The number of benzene rings is 2. The Morgan fingerprint density at radius 2 is 1.87 bits per heavy atom. The fourth-order valence-corrected chi connectivity index (χ4v) is 3.06. The molecular weight excluding hydrogens is 418 g/mol. The summed E-state index contributed by atoms with van der Waals surface area (Å²) in [5, 5.41) is 6.85. The van der Waals surface area contributed by atoms with Gasteiger partial charge in [-0.3, -0.25) is 4.79 Å². The molecule has 0 aliphatic heterocycles.